The van der Waals surface area contributed by atoms with Crippen LogP contribution < -0.4 is 5.32 Å². The van der Waals surface area contributed by atoms with Gasteiger partial charge >= 0.3 is 0 Å². The van der Waals surface area contributed by atoms with Crippen LogP contribution in [-0.4, -0.2) is 16.7 Å². The summed E-state index contributed by atoms with van der Waals surface area (Å²) < 4.78 is 13.6. The molecule has 0 amide bonds. The molecule has 1 fully saturated rings. The number of hydrogen-bond donors (Lipinski definition) is 2. The minimum atomic E-state index is -0.768. The fourth-order valence-corrected chi connectivity index (χ4v) is 2.58. The third kappa shape index (κ3) is 2.85. The van der Waals surface area contributed by atoms with E-state index in [0.29, 0.717) is 5.56 Å². The lowest BCUT2D eigenvalue weighted by Gasteiger charge is -2.39. The first-order valence-corrected chi connectivity index (χ1v) is 6.20. The second-order valence-electron chi connectivity index (χ2n) is 5.49. The van der Waals surface area contributed by atoms with Gasteiger partial charge in [0.05, 0.1) is 6.10 Å². The molecule has 1 heterocycles. The Morgan fingerprint density at radius 3 is 2.76 bits per heavy atom. The fourth-order valence-electron chi connectivity index (χ4n) is 2.58. The van der Waals surface area contributed by atoms with Crippen molar-refractivity contribution in [2.45, 2.75) is 50.8 Å². The Hall–Kier alpha value is -0.930. The normalized spacial score (nSPS) is 25.5. The number of hydrogen-bond acceptors (Lipinski definition) is 2. The van der Waals surface area contributed by atoms with Gasteiger partial charge in [-0.3, -0.25) is 0 Å². The van der Waals surface area contributed by atoms with Crippen LogP contribution >= 0.6 is 0 Å². The quantitative estimate of drug-likeness (QED) is 0.829. The van der Waals surface area contributed by atoms with Crippen molar-refractivity contribution in [2.75, 3.05) is 0 Å². The summed E-state index contributed by atoms with van der Waals surface area (Å²) >= 11 is 0. The lowest BCUT2D eigenvalue weighted by Crippen LogP contribution is -2.51. The van der Waals surface area contributed by atoms with Crippen LogP contribution in [0.15, 0.2) is 24.3 Å². The molecule has 0 aliphatic carbocycles. The van der Waals surface area contributed by atoms with Crippen LogP contribution in [0.3, 0.4) is 0 Å². The first kappa shape index (κ1) is 12.5. The number of piperidine rings is 1. The van der Waals surface area contributed by atoms with Crippen molar-refractivity contribution in [1.29, 1.82) is 0 Å². The molecule has 2 nitrogen and oxygen atoms in total. The molecule has 0 saturated carbocycles. The summed E-state index contributed by atoms with van der Waals surface area (Å²) in [5.41, 5.74) is 0.414. The molecule has 2 atom stereocenters. The van der Waals surface area contributed by atoms with Crippen LogP contribution in [0.5, 0.6) is 0 Å². The van der Waals surface area contributed by atoms with Crippen LogP contribution in [-0.2, 0) is 0 Å². The van der Waals surface area contributed by atoms with Crippen molar-refractivity contribution < 1.29 is 9.50 Å². The molecule has 1 aromatic rings. The van der Waals surface area contributed by atoms with E-state index in [9.17, 15) is 9.50 Å². The Morgan fingerprint density at radius 2 is 2.12 bits per heavy atom. The number of aliphatic hydroxyl groups excluding tert-OH is 1. The van der Waals surface area contributed by atoms with E-state index in [1.165, 1.54) is 6.07 Å². The second kappa shape index (κ2) is 4.75. The van der Waals surface area contributed by atoms with Crippen LogP contribution in [0.2, 0.25) is 0 Å². The lowest BCUT2D eigenvalue weighted by atomic mass is 9.85. The van der Waals surface area contributed by atoms with Gasteiger partial charge in [0.25, 0.3) is 0 Å². The molecule has 1 aromatic carbocycles. The maximum atomic E-state index is 13.6. The number of benzene rings is 1. The first-order chi connectivity index (χ1) is 7.99. The standard InChI is InChI=1S/C14H20FNO/c1-14(2)9-5-8-12(16-14)13(17)10-6-3-4-7-11(10)15/h3-4,6-7,12-13,16-17H,5,8-9H2,1-2H3/t12-,13?/m1/s1. The lowest BCUT2D eigenvalue weighted by molar-refractivity contribution is 0.0817. The van der Waals surface area contributed by atoms with Crippen molar-refractivity contribution >= 4 is 0 Å². The van der Waals surface area contributed by atoms with Gasteiger partial charge in [-0.1, -0.05) is 18.2 Å². The topological polar surface area (TPSA) is 32.3 Å². The molecule has 0 aromatic heterocycles. The summed E-state index contributed by atoms with van der Waals surface area (Å²) in [4.78, 5) is 0. The van der Waals surface area contributed by atoms with E-state index in [2.05, 4.69) is 19.2 Å². The minimum Gasteiger partial charge on any atom is -0.387 e. The van der Waals surface area contributed by atoms with E-state index in [0.717, 1.165) is 19.3 Å². The summed E-state index contributed by atoms with van der Waals surface area (Å²) in [6, 6.07) is 6.39. The summed E-state index contributed by atoms with van der Waals surface area (Å²) in [7, 11) is 0. The zero-order chi connectivity index (χ0) is 12.5. The van der Waals surface area contributed by atoms with Crippen molar-refractivity contribution in [3.05, 3.63) is 35.6 Å². The third-order valence-electron chi connectivity index (χ3n) is 3.50. The molecule has 1 aliphatic heterocycles. The van der Waals surface area contributed by atoms with Gasteiger partial charge in [0.1, 0.15) is 5.82 Å². The average molecular weight is 237 g/mol. The maximum Gasteiger partial charge on any atom is 0.129 e. The molecular weight excluding hydrogens is 217 g/mol. The monoisotopic (exact) mass is 237 g/mol. The molecule has 94 valence electrons. The molecule has 0 bridgehead atoms. The van der Waals surface area contributed by atoms with Gasteiger partial charge in [-0.05, 0) is 39.2 Å². The van der Waals surface area contributed by atoms with Crippen LogP contribution in [0.25, 0.3) is 0 Å². The zero-order valence-electron chi connectivity index (χ0n) is 10.4. The summed E-state index contributed by atoms with van der Waals surface area (Å²) in [6.45, 7) is 4.24. The van der Waals surface area contributed by atoms with Crippen molar-refractivity contribution in [2.24, 2.45) is 0 Å². The second-order valence-corrected chi connectivity index (χ2v) is 5.49. The predicted octanol–water partition coefficient (Wildman–Crippen LogP) is 2.78. The number of nitrogens with one attached hydrogen (secondary N) is 1. The Balaban J connectivity index is 2.15. The largest absolute Gasteiger partial charge is 0.387 e. The highest BCUT2D eigenvalue weighted by atomic mass is 19.1. The van der Waals surface area contributed by atoms with E-state index in [-0.39, 0.29) is 17.4 Å². The number of halogens is 1. The fraction of sp³-hybridized carbons (Fsp3) is 0.571. The molecule has 2 N–H and O–H groups in total. The Kier molecular flexibility index (Phi) is 3.50. The van der Waals surface area contributed by atoms with Gasteiger partial charge in [0.15, 0.2) is 0 Å². The van der Waals surface area contributed by atoms with Gasteiger partial charge < -0.3 is 10.4 Å². The molecule has 2 rings (SSSR count). The highest BCUT2D eigenvalue weighted by molar-refractivity contribution is 5.21. The summed E-state index contributed by atoms with van der Waals surface area (Å²) in [6.07, 6.45) is 2.28. The Labute approximate surface area is 102 Å². The predicted molar refractivity (Wildman–Crippen MR) is 66.2 cm³/mol. The molecule has 17 heavy (non-hydrogen) atoms. The van der Waals surface area contributed by atoms with E-state index < -0.39 is 6.10 Å². The summed E-state index contributed by atoms with van der Waals surface area (Å²) in [5, 5.41) is 13.7. The minimum absolute atomic E-state index is 0.0230. The van der Waals surface area contributed by atoms with Gasteiger partial charge in [-0.2, -0.15) is 0 Å². The van der Waals surface area contributed by atoms with Crippen molar-refractivity contribution in [3.63, 3.8) is 0 Å². The third-order valence-corrected chi connectivity index (χ3v) is 3.50. The Morgan fingerprint density at radius 1 is 1.41 bits per heavy atom. The molecular formula is C14H20FNO. The van der Waals surface area contributed by atoms with E-state index >= 15 is 0 Å². The van der Waals surface area contributed by atoms with E-state index in [1.807, 2.05) is 0 Å². The van der Waals surface area contributed by atoms with E-state index in [4.69, 9.17) is 0 Å². The highest BCUT2D eigenvalue weighted by Crippen LogP contribution is 2.29. The highest BCUT2D eigenvalue weighted by Gasteiger charge is 2.32. The van der Waals surface area contributed by atoms with Crippen LogP contribution in [0, 0.1) is 5.82 Å². The van der Waals surface area contributed by atoms with Crippen LogP contribution in [0.1, 0.15) is 44.8 Å². The van der Waals surface area contributed by atoms with E-state index in [1.54, 1.807) is 18.2 Å². The van der Waals surface area contributed by atoms with Crippen molar-refractivity contribution in [3.8, 4) is 0 Å². The molecule has 3 heteroatoms. The number of aliphatic hydroxyl groups is 1. The Bertz CT molecular complexity index is 392. The number of rotatable bonds is 2. The van der Waals surface area contributed by atoms with Gasteiger partial charge in [0, 0.05) is 17.1 Å². The SMILES string of the molecule is CC1(C)CCC[C@H](C(O)c2ccccc2F)N1. The van der Waals surface area contributed by atoms with Gasteiger partial charge in [-0.15, -0.1) is 0 Å². The molecule has 1 aliphatic rings. The maximum absolute atomic E-state index is 13.6. The smallest absolute Gasteiger partial charge is 0.129 e. The summed E-state index contributed by atoms with van der Waals surface area (Å²) in [5.74, 6) is -0.329. The van der Waals surface area contributed by atoms with Gasteiger partial charge in [-0.25, -0.2) is 4.39 Å². The first-order valence-electron chi connectivity index (χ1n) is 6.20. The zero-order valence-corrected chi connectivity index (χ0v) is 10.4. The molecule has 1 saturated heterocycles. The average Bonchev–Trinajstić information content (AvgIpc) is 2.27. The molecule has 1 unspecified atom stereocenters. The van der Waals surface area contributed by atoms with Gasteiger partial charge in [0.2, 0.25) is 0 Å². The molecule has 0 radical (unpaired) electrons. The van der Waals surface area contributed by atoms with Crippen molar-refractivity contribution in [1.82, 2.24) is 5.32 Å². The molecule has 0 spiro atoms. The van der Waals surface area contributed by atoms with Crippen LogP contribution in [0.4, 0.5) is 4.39 Å².